The van der Waals surface area contributed by atoms with Crippen LogP contribution < -0.4 is 15.5 Å². The van der Waals surface area contributed by atoms with E-state index in [9.17, 15) is 4.79 Å². The standard InChI is InChI=1S/C19H28N6O/c1-5-24(4)16-9-7-6-8-15(16)21-19(26)20-14-10-11-17-22-23-18(13(2)3)25(17)12-14/h6-9,13-14H,5,10-12H2,1-4H3,(H2,20,21,26)/t14-/m0/s1. The van der Waals surface area contributed by atoms with E-state index in [0.29, 0.717) is 5.92 Å². The van der Waals surface area contributed by atoms with Gasteiger partial charge in [-0.1, -0.05) is 26.0 Å². The van der Waals surface area contributed by atoms with E-state index in [1.54, 1.807) is 0 Å². The quantitative estimate of drug-likeness (QED) is 0.864. The number of rotatable bonds is 5. The number of carbonyl (C=O) groups excluding carboxylic acids is 1. The van der Waals surface area contributed by atoms with Crippen LogP contribution in [-0.2, 0) is 13.0 Å². The second kappa shape index (κ2) is 7.76. The summed E-state index contributed by atoms with van der Waals surface area (Å²) in [7, 11) is 2.01. The molecule has 2 aromatic rings. The van der Waals surface area contributed by atoms with E-state index >= 15 is 0 Å². The minimum atomic E-state index is -0.172. The predicted octanol–water partition coefficient (Wildman–Crippen LogP) is 2.99. The first-order chi connectivity index (χ1) is 12.5. The molecule has 7 nitrogen and oxygen atoms in total. The number of nitrogens with one attached hydrogen (secondary N) is 2. The van der Waals surface area contributed by atoms with Crippen LogP contribution in [-0.4, -0.2) is 40.4 Å². The van der Waals surface area contributed by atoms with Crippen molar-refractivity contribution in [1.82, 2.24) is 20.1 Å². The van der Waals surface area contributed by atoms with Gasteiger partial charge in [0.1, 0.15) is 11.6 Å². The lowest BCUT2D eigenvalue weighted by atomic mass is 10.1. The topological polar surface area (TPSA) is 75.1 Å². The third-order valence-corrected chi connectivity index (χ3v) is 4.86. The van der Waals surface area contributed by atoms with Gasteiger partial charge < -0.3 is 20.1 Å². The molecule has 2 heterocycles. The molecular weight excluding hydrogens is 328 g/mol. The first-order valence-corrected chi connectivity index (χ1v) is 9.29. The third kappa shape index (κ3) is 3.81. The number of aromatic nitrogens is 3. The van der Waals surface area contributed by atoms with Crippen LogP contribution in [0.15, 0.2) is 24.3 Å². The van der Waals surface area contributed by atoms with E-state index in [-0.39, 0.29) is 12.1 Å². The van der Waals surface area contributed by atoms with Crippen LogP contribution in [0.1, 0.15) is 44.8 Å². The summed E-state index contributed by atoms with van der Waals surface area (Å²) in [5.74, 6) is 2.32. The molecule has 140 valence electrons. The fourth-order valence-electron chi connectivity index (χ4n) is 3.32. The van der Waals surface area contributed by atoms with Crippen molar-refractivity contribution in [3.05, 3.63) is 35.9 Å². The zero-order chi connectivity index (χ0) is 18.7. The Labute approximate surface area is 154 Å². The average molecular weight is 356 g/mol. The normalized spacial score (nSPS) is 16.3. The molecule has 7 heteroatoms. The van der Waals surface area contributed by atoms with Crippen molar-refractivity contribution in [3.63, 3.8) is 0 Å². The van der Waals surface area contributed by atoms with Gasteiger partial charge in [-0.3, -0.25) is 0 Å². The molecule has 0 fully saturated rings. The Morgan fingerprint density at radius 1 is 1.35 bits per heavy atom. The van der Waals surface area contributed by atoms with Gasteiger partial charge in [-0.25, -0.2) is 4.79 Å². The maximum absolute atomic E-state index is 12.5. The number of hydrogen-bond donors (Lipinski definition) is 2. The van der Waals surface area contributed by atoms with Crippen molar-refractivity contribution < 1.29 is 4.79 Å². The fraction of sp³-hybridized carbons (Fsp3) is 0.526. The highest BCUT2D eigenvalue weighted by Gasteiger charge is 2.25. The number of para-hydroxylation sites is 2. The zero-order valence-electron chi connectivity index (χ0n) is 16.0. The summed E-state index contributed by atoms with van der Waals surface area (Å²) in [5, 5.41) is 14.7. The van der Waals surface area contributed by atoms with Crippen LogP contribution >= 0.6 is 0 Å². The largest absolute Gasteiger partial charge is 0.373 e. The van der Waals surface area contributed by atoms with E-state index in [0.717, 1.165) is 49.0 Å². The maximum Gasteiger partial charge on any atom is 0.319 e. The summed E-state index contributed by atoms with van der Waals surface area (Å²) in [6.07, 6.45) is 1.71. The van der Waals surface area contributed by atoms with E-state index in [2.05, 4.69) is 51.1 Å². The van der Waals surface area contributed by atoms with Crippen molar-refractivity contribution in [2.24, 2.45) is 0 Å². The lowest BCUT2D eigenvalue weighted by Crippen LogP contribution is -2.43. The SMILES string of the molecule is CCN(C)c1ccccc1NC(=O)N[C@H]1CCc2nnc(C(C)C)n2C1. The molecule has 1 aliphatic heterocycles. The third-order valence-electron chi connectivity index (χ3n) is 4.86. The van der Waals surface area contributed by atoms with Gasteiger partial charge in [0.25, 0.3) is 0 Å². The van der Waals surface area contributed by atoms with Crippen molar-refractivity contribution in [2.75, 3.05) is 23.8 Å². The molecule has 0 aliphatic carbocycles. The Morgan fingerprint density at radius 3 is 2.85 bits per heavy atom. The van der Waals surface area contributed by atoms with E-state index < -0.39 is 0 Å². The van der Waals surface area contributed by atoms with Crippen LogP contribution in [0.2, 0.25) is 0 Å². The molecule has 26 heavy (non-hydrogen) atoms. The van der Waals surface area contributed by atoms with Gasteiger partial charge >= 0.3 is 6.03 Å². The minimum absolute atomic E-state index is 0.0760. The smallest absolute Gasteiger partial charge is 0.319 e. The van der Waals surface area contributed by atoms with Gasteiger partial charge in [0.15, 0.2) is 0 Å². The van der Waals surface area contributed by atoms with Crippen LogP contribution in [0, 0.1) is 0 Å². The summed E-state index contributed by atoms with van der Waals surface area (Å²) in [5.41, 5.74) is 1.83. The molecule has 1 aromatic carbocycles. The molecule has 0 radical (unpaired) electrons. The van der Waals surface area contributed by atoms with Gasteiger partial charge in [-0.05, 0) is 25.5 Å². The molecule has 0 saturated heterocycles. The molecule has 0 spiro atoms. The number of hydrogen-bond acceptors (Lipinski definition) is 4. The highest BCUT2D eigenvalue weighted by atomic mass is 16.2. The van der Waals surface area contributed by atoms with E-state index in [1.165, 1.54) is 0 Å². The van der Waals surface area contributed by atoms with Crippen LogP contribution in [0.3, 0.4) is 0 Å². The number of nitrogens with zero attached hydrogens (tertiary/aromatic N) is 4. The number of anilines is 2. The second-order valence-corrected chi connectivity index (χ2v) is 7.11. The lowest BCUT2D eigenvalue weighted by molar-refractivity contribution is 0.244. The first-order valence-electron chi connectivity index (χ1n) is 9.29. The van der Waals surface area contributed by atoms with E-state index in [4.69, 9.17) is 0 Å². The molecule has 0 bridgehead atoms. The van der Waals surface area contributed by atoms with Gasteiger partial charge in [-0.2, -0.15) is 0 Å². The molecule has 2 amide bonds. The number of carbonyl (C=O) groups is 1. The summed E-state index contributed by atoms with van der Waals surface area (Å²) in [6, 6.07) is 7.75. The number of amides is 2. The minimum Gasteiger partial charge on any atom is -0.373 e. The number of urea groups is 1. The molecule has 2 N–H and O–H groups in total. The Hall–Kier alpha value is -2.57. The van der Waals surface area contributed by atoms with Gasteiger partial charge in [-0.15, -0.1) is 10.2 Å². The second-order valence-electron chi connectivity index (χ2n) is 7.11. The van der Waals surface area contributed by atoms with Crippen molar-refractivity contribution >= 4 is 17.4 Å². The summed E-state index contributed by atoms with van der Waals surface area (Å²) >= 11 is 0. The van der Waals surface area contributed by atoms with Crippen molar-refractivity contribution in [2.45, 2.75) is 52.1 Å². The monoisotopic (exact) mass is 356 g/mol. The Kier molecular flexibility index (Phi) is 5.44. The average Bonchev–Trinajstić information content (AvgIpc) is 3.05. The molecular formula is C19H28N6O. The zero-order valence-corrected chi connectivity index (χ0v) is 16.0. The molecule has 0 unspecified atom stereocenters. The molecule has 1 aromatic heterocycles. The maximum atomic E-state index is 12.5. The number of benzene rings is 1. The highest BCUT2D eigenvalue weighted by molar-refractivity contribution is 5.93. The summed E-state index contributed by atoms with van der Waals surface area (Å²) < 4.78 is 2.15. The van der Waals surface area contributed by atoms with Gasteiger partial charge in [0, 0.05) is 38.5 Å². The van der Waals surface area contributed by atoms with E-state index in [1.807, 2.05) is 31.3 Å². The Bertz CT molecular complexity index is 769. The van der Waals surface area contributed by atoms with Crippen LogP contribution in [0.4, 0.5) is 16.2 Å². The predicted molar refractivity (Wildman–Crippen MR) is 104 cm³/mol. The number of fused-ring (bicyclic) bond motifs is 1. The number of aryl methyl sites for hydroxylation is 1. The molecule has 1 atom stereocenters. The van der Waals surface area contributed by atoms with Crippen LogP contribution in [0.5, 0.6) is 0 Å². The summed E-state index contributed by atoms with van der Waals surface area (Å²) in [6.45, 7) is 7.91. The van der Waals surface area contributed by atoms with Crippen molar-refractivity contribution in [1.29, 1.82) is 0 Å². The van der Waals surface area contributed by atoms with Crippen LogP contribution in [0.25, 0.3) is 0 Å². The Balaban J connectivity index is 1.65. The Morgan fingerprint density at radius 2 is 2.12 bits per heavy atom. The lowest BCUT2D eigenvalue weighted by Gasteiger charge is -2.26. The van der Waals surface area contributed by atoms with Gasteiger partial charge in [0.2, 0.25) is 0 Å². The first kappa shape index (κ1) is 18.2. The molecule has 3 rings (SSSR count). The van der Waals surface area contributed by atoms with Gasteiger partial charge in [0.05, 0.1) is 11.4 Å². The summed E-state index contributed by atoms with van der Waals surface area (Å²) in [4.78, 5) is 14.6. The fourth-order valence-corrected chi connectivity index (χ4v) is 3.32. The van der Waals surface area contributed by atoms with Crippen molar-refractivity contribution in [3.8, 4) is 0 Å². The highest BCUT2D eigenvalue weighted by Crippen LogP contribution is 2.24. The molecule has 1 aliphatic rings. The molecule has 0 saturated carbocycles.